The van der Waals surface area contributed by atoms with Gasteiger partial charge >= 0.3 is 17.9 Å². The number of Topliss-reactive ketones (excluding diaryl/α,β-unsaturated/α-hetero) is 1. The van der Waals surface area contributed by atoms with Crippen molar-refractivity contribution in [2.75, 3.05) is 34.5 Å². The molecule has 13 heteroatoms. The van der Waals surface area contributed by atoms with Crippen LogP contribution in [0.3, 0.4) is 0 Å². The fraction of sp³-hybridized carbons (Fsp3) is 0.800. The Kier molecular flexibility index (Phi) is 10.1. The second-order valence-electron chi connectivity index (χ2n) is 7.33. The third-order valence-electron chi connectivity index (χ3n) is 4.98. The second-order valence-corrected chi connectivity index (χ2v) is 7.33. The minimum absolute atomic E-state index is 0.0474. The molecule has 0 radical (unpaired) electrons. The third-order valence-corrected chi connectivity index (χ3v) is 4.98. The maximum atomic E-state index is 12.7. The number of carbonyl (C=O) groups excluding carboxylic acids is 4. The van der Waals surface area contributed by atoms with Crippen LogP contribution in [0.15, 0.2) is 0 Å². The number of methoxy groups -OCH3 is 3. The van der Waals surface area contributed by atoms with Crippen LogP contribution in [0.4, 0.5) is 0 Å². The maximum Gasteiger partial charge on any atom is 0.303 e. The van der Waals surface area contributed by atoms with Crippen molar-refractivity contribution < 1.29 is 61.8 Å². The number of carbonyl (C=O) groups is 4. The zero-order valence-electron chi connectivity index (χ0n) is 19.3. The van der Waals surface area contributed by atoms with E-state index in [2.05, 4.69) is 0 Å². The van der Waals surface area contributed by atoms with E-state index in [1.165, 1.54) is 21.3 Å². The molecular weight excluding hydrogens is 448 g/mol. The van der Waals surface area contributed by atoms with Gasteiger partial charge in [-0.1, -0.05) is 0 Å². The zero-order chi connectivity index (χ0) is 24.7. The van der Waals surface area contributed by atoms with E-state index in [9.17, 15) is 19.2 Å². The van der Waals surface area contributed by atoms with Gasteiger partial charge in [-0.3, -0.25) is 19.2 Å². The summed E-state index contributed by atoms with van der Waals surface area (Å²) in [6, 6.07) is 0. The first kappa shape index (κ1) is 27.1. The topological polar surface area (TPSA) is 151 Å². The van der Waals surface area contributed by atoms with Gasteiger partial charge in [0.2, 0.25) is 11.9 Å². The van der Waals surface area contributed by atoms with Gasteiger partial charge in [-0.15, -0.1) is 0 Å². The van der Waals surface area contributed by atoms with Crippen LogP contribution in [0.1, 0.15) is 20.8 Å². The van der Waals surface area contributed by atoms with Crippen molar-refractivity contribution in [2.24, 2.45) is 0 Å². The smallest absolute Gasteiger partial charge is 0.303 e. The molecule has 2 aliphatic heterocycles. The molecule has 188 valence electrons. The van der Waals surface area contributed by atoms with Crippen molar-refractivity contribution in [3.05, 3.63) is 0 Å². The van der Waals surface area contributed by atoms with Crippen LogP contribution in [0.2, 0.25) is 0 Å². The number of ketones is 1. The Morgan fingerprint density at radius 2 is 1.48 bits per heavy atom. The lowest BCUT2D eigenvalue weighted by Crippen LogP contribution is -2.66. The highest BCUT2D eigenvalue weighted by atomic mass is 16.8. The number of esters is 3. The third kappa shape index (κ3) is 6.91. The molecular formula is C20H30O13. The highest BCUT2D eigenvalue weighted by molar-refractivity contribution is 5.88. The van der Waals surface area contributed by atoms with Crippen LogP contribution < -0.4 is 0 Å². The molecule has 0 aromatic carbocycles. The Morgan fingerprint density at radius 1 is 0.848 bits per heavy atom. The van der Waals surface area contributed by atoms with E-state index in [1.54, 1.807) is 0 Å². The van der Waals surface area contributed by atoms with Crippen molar-refractivity contribution in [1.29, 1.82) is 0 Å². The number of rotatable bonds is 10. The Labute approximate surface area is 190 Å². The lowest BCUT2D eigenvalue weighted by Gasteiger charge is -2.49. The fourth-order valence-electron chi connectivity index (χ4n) is 3.64. The van der Waals surface area contributed by atoms with Crippen molar-refractivity contribution in [1.82, 2.24) is 0 Å². The Morgan fingerprint density at radius 3 is 2.00 bits per heavy atom. The normalized spacial score (nSPS) is 31.0. The van der Waals surface area contributed by atoms with Gasteiger partial charge in [0.25, 0.3) is 0 Å². The van der Waals surface area contributed by atoms with E-state index in [0.29, 0.717) is 0 Å². The van der Waals surface area contributed by atoms with Crippen LogP contribution in [0, 0.1) is 0 Å². The average Bonchev–Trinajstić information content (AvgIpc) is 2.77. The summed E-state index contributed by atoms with van der Waals surface area (Å²) in [6.07, 6.45) is -8.02. The minimum Gasteiger partial charge on any atom is -0.458 e. The molecule has 0 unspecified atom stereocenters. The Bertz CT molecular complexity index is 710. The average molecular weight is 478 g/mol. The molecule has 2 saturated heterocycles. The van der Waals surface area contributed by atoms with Crippen LogP contribution in [0.25, 0.3) is 0 Å². The molecule has 2 heterocycles. The Balaban J connectivity index is 2.30. The summed E-state index contributed by atoms with van der Waals surface area (Å²) in [4.78, 5) is 47.3. The molecule has 2 rings (SSSR count). The fourth-order valence-corrected chi connectivity index (χ4v) is 3.64. The molecule has 0 bridgehead atoms. The quantitative estimate of drug-likeness (QED) is 0.283. The lowest BCUT2D eigenvalue weighted by atomic mass is 9.97. The van der Waals surface area contributed by atoms with Gasteiger partial charge in [-0.2, -0.15) is 0 Å². The van der Waals surface area contributed by atoms with Gasteiger partial charge in [-0.25, -0.2) is 0 Å². The van der Waals surface area contributed by atoms with Gasteiger partial charge in [-0.05, 0) is 0 Å². The molecule has 2 aliphatic rings. The van der Waals surface area contributed by atoms with Gasteiger partial charge < -0.3 is 42.6 Å². The molecule has 0 aromatic heterocycles. The predicted octanol–water partition coefficient (Wildman–Crippen LogP) is -0.875. The molecule has 0 spiro atoms. The van der Waals surface area contributed by atoms with E-state index in [-0.39, 0.29) is 6.61 Å². The summed E-state index contributed by atoms with van der Waals surface area (Å²) in [6.45, 7) is 2.52. The number of fused-ring (bicyclic) bond motifs is 1. The minimum atomic E-state index is -1.66. The van der Waals surface area contributed by atoms with Crippen molar-refractivity contribution >= 4 is 23.7 Å². The molecule has 13 nitrogen and oxygen atoms in total. The van der Waals surface area contributed by atoms with Crippen LogP contribution in [-0.2, 0) is 61.8 Å². The molecule has 8 atom stereocenters. The Hall–Kier alpha value is -2.16. The standard InChI is InChI=1S/C20H30O13/c1-9(21)28-7-12(24)14(30-10(2)22)18(31-11(3)23)20-29-8-13-15(33-20)16(25-4)17(26-5)19(27-6)32-13/h13-20H,7-8H2,1-6H3/t13-,14-,15-,16+,17-,18+,19+,20-/m1/s1. The first-order chi connectivity index (χ1) is 15.6. The zero-order valence-corrected chi connectivity index (χ0v) is 19.3. The SMILES string of the molecule is CO[C@H]1O[C@@H]2CO[C@@H]([C@@H](OC(C)=O)[C@H](OC(C)=O)C(=O)COC(C)=O)O[C@H]2[C@H](OC)[C@H]1OC. The summed E-state index contributed by atoms with van der Waals surface area (Å²) in [5.74, 6) is -3.18. The van der Waals surface area contributed by atoms with Crippen molar-refractivity contribution in [2.45, 2.75) is 70.0 Å². The number of ether oxygens (including phenoxy) is 9. The van der Waals surface area contributed by atoms with E-state index >= 15 is 0 Å². The summed E-state index contributed by atoms with van der Waals surface area (Å²) in [5.41, 5.74) is 0. The highest BCUT2D eigenvalue weighted by Gasteiger charge is 2.53. The first-order valence-electron chi connectivity index (χ1n) is 10.1. The first-order valence-corrected chi connectivity index (χ1v) is 10.1. The molecule has 0 aliphatic carbocycles. The summed E-state index contributed by atoms with van der Waals surface area (Å²) >= 11 is 0. The van der Waals surface area contributed by atoms with Gasteiger partial charge in [0.1, 0.15) is 24.4 Å². The van der Waals surface area contributed by atoms with Crippen LogP contribution in [0.5, 0.6) is 0 Å². The molecule has 0 amide bonds. The van der Waals surface area contributed by atoms with E-state index in [1.807, 2.05) is 0 Å². The van der Waals surface area contributed by atoms with Crippen LogP contribution in [-0.4, -0.2) is 107 Å². The predicted molar refractivity (Wildman–Crippen MR) is 105 cm³/mol. The van der Waals surface area contributed by atoms with Gasteiger partial charge in [0.05, 0.1) is 6.61 Å². The van der Waals surface area contributed by atoms with E-state index < -0.39 is 79.5 Å². The number of hydrogen-bond acceptors (Lipinski definition) is 13. The summed E-state index contributed by atoms with van der Waals surface area (Å²) in [7, 11) is 4.36. The second kappa shape index (κ2) is 12.3. The molecule has 33 heavy (non-hydrogen) atoms. The lowest BCUT2D eigenvalue weighted by molar-refractivity contribution is -0.372. The molecule has 2 fully saturated rings. The van der Waals surface area contributed by atoms with E-state index in [0.717, 1.165) is 20.8 Å². The highest BCUT2D eigenvalue weighted by Crippen LogP contribution is 2.33. The van der Waals surface area contributed by atoms with Crippen molar-refractivity contribution in [3.63, 3.8) is 0 Å². The monoisotopic (exact) mass is 478 g/mol. The van der Waals surface area contributed by atoms with E-state index in [4.69, 9.17) is 42.6 Å². The maximum absolute atomic E-state index is 12.7. The molecule has 0 aromatic rings. The van der Waals surface area contributed by atoms with Gasteiger partial charge in [0, 0.05) is 42.1 Å². The summed E-state index contributed by atoms with van der Waals surface area (Å²) in [5, 5.41) is 0. The van der Waals surface area contributed by atoms with Crippen molar-refractivity contribution in [3.8, 4) is 0 Å². The van der Waals surface area contributed by atoms with Gasteiger partial charge in [0.15, 0.2) is 25.3 Å². The largest absolute Gasteiger partial charge is 0.458 e. The molecule has 0 saturated carbocycles. The molecule has 0 N–H and O–H groups in total. The van der Waals surface area contributed by atoms with Crippen LogP contribution >= 0.6 is 0 Å². The summed E-state index contributed by atoms with van der Waals surface area (Å²) < 4.78 is 48.9. The number of hydrogen-bond donors (Lipinski definition) is 0.